The molecule has 27 heavy (non-hydrogen) atoms. The van der Waals surface area contributed by atoms with E-state index in [9.17, 15) is 13.2 Å². The van der Waals surface area contributed by atoms with E-state index in [0.29, 0.717) is 10.7 Å². The molecule has 5 nitrogen and oxygen atoms in total. The first-order chi connectivity index (χ1) is 12.7. The molecule has 0 unspecified atom stereocenters. The predicted octanol–water partition coefficient (Wildman–Crippen LogP) is 4.15. The molecule has 0 aliphatic carbocycles. The quantitative estimate of drug-likeness (QED) is 0.713. The molecule has 0 aromatic heterocycles. The third-order valence-corrected chi connectivity index (χ3v) is 6.14. The summed E-state index contributed by atoms with van der Waals surface area (Å²) in [6.45, 7) is 5.50. The van der Waals surface area contributed by atoms with Crippen LogP contribution in [0.1, 0.15) is 32.3 Å². The maximum Gasteiger partial charge on any atom is 0.264 e. The smallest absolute Gasteiger partial charge is 0.264 e. The van der Waals surface area contributed by atoms with Crippen molar-refractivity contribution in [1.29, 1.82) is 0 Å². The molecule has 1 amide bonds. The van der Waals surface area contributed by atoms with Crippen molar-refractivity contribution in [1.82, 2.24) is 5.32 Å². The minimum Gasteiger partial charge on any atom is -0.352 e. The van der Waals surface area contributed by atoms with Gasteiger partial charge in [0.25, 0.3) is 10.0 Å². The second kappa shape index (κ2) is 9.24. The number of aryl methyl sites for hydroxylation is 1. The molecule has 2 aromatic rings. The van der Waals surface area contributed by atoms with Gasteiger partial charge in [0, 0.05) is 11.1 Å². The van der Waals surface area contributed by atoms with Crippen LogP contribution >= 0.6 is 11.6 Å². The molecule has 0 spiro atoms. The Kier molecular flexibility index (Phi) is 7.27. The average Bonchev–Trinajstić information content (AvgIpc) is 2.60. The number of carbonyl (C=O) groups excluding carboxylic acids is 1. The van der Waals surface area contributed by atoms with E-state index in [2.05, 4.69) is 5.32 Å². The highest BCUT2D eigenvalue weighted by molar-refractivity contribution is 7.92. The molecule has 0 aliphatic heterocycles. The van der Waals surface area contributed by atoms with Gasteiger partial charge in [0.1, 0.15) is 6.54 Å². The highest BCUT2D eigenvalue weighted by Crippen LogP contribution is 2.26. The Balaban J connectivity index is 2.38. The molecule has 7 heteroatoms. The summed E-state index contributed by atoms with van der Waals surface area (Å²) in [6, 6.07) is 13.0. The number of hydrogen-bond donors (Lipinski definition) is 1. The lowest BCUT2D eigenvalue weighted by molar-refractivity contribution is -0.120. The molecule has 0 saturated heterocycles. The van der Waals surface area contributed by atoms with E-state index in [1.54, 1.807) is 42.5 Å². The fourth-order valence-corrected chi connectivity index (χ4v) is 4.34. The zero-order valence-corrected chi connectivity index (χ0v) is 17.3. The summed E-state index contributed by atoms with van der Waals surface area (Å²) in [5.41, 5.74) is 1.30. The molecular formula is C20H25ClN2O3S. The molecule has 1 atom stereocenters. The summed E-state index contributed by atoms with van der Waals surface area (Å²) in [5, 5.41) is 3.25. The van der Waals surface area contributed by atoms with Crippen molar-refractivity contribution in [3.63, 3.8) is 0 Å². The fourth-order valence-electron chi connectivity index (χ4n) is 2.74. The Hall–Kier alpha value is -2.05. The van der Waals surface area contributed by atoms with Gasteiger partial charge in [-0.3, -0.25) is 9.10 Å². The van der Waals surface area contributed by atoms with Crippen molar-refractivity contribution in [2.45, 2.75) is 44.6 Å². The van der Waals surface area contributed by atoms with Crippen LogP contribution in [0.15, 0.2) is 53.4 Å². The molecule has 0 aliphatic rings. The Morgan fingerprint density at radius 3 is 2.44 bits per heavy atom. The minimum absolute atomic E-state index is 0.0224. The fraction of sp³-hybridized carbons (Fsp3) is 0.350. The molecular weight excluding hydrogens is 384 g/mol. The van der Waals surface area contributed by atoms with Crippen LogP contribution in [0, 0.1) is 6.92 Å². The highest BCUT2D eigenvalue weighted by atomic mass is 35.5. The van der Waals surface area contributed by atoms with E-state index < -0.39 is 10.0 Å². The van der Waals surface area contributed by atoms with Crippen molar-refractivity contribution in [3.05, 3.63) is 59.1 Å². The molecule has 146 valence electrons. The second-order valence-electron chi connectivity index (χ2n) is 6.56. The first-order valence-corrected chi connectivity index (χ1v) is 10.7. The minimum atomic E-state index is -3.92. The molecule has 0 saturated carbocycles. The summed E-state index contributed by atoms with van der Waals surface area (Å²) in [5.74, 6) is -0.355. The van der Waals surface area contributed by atoms with Crippen LogP contribution in [-0.4, -0.2) is 26.9 Å². The van der Waals surface area contributed by atoms with Gasteiger partial charge in [0.15, 0.2) is 0 Å². The van der Waals surface area contributed by atoms with Crippen LogP contribution in [0.5, 0.6) is 0 Å². The van der Waals surface area contributed by atoms with Gasteiger partial charge >= 0.3 is 0 Å². The topological polar surface area (TPSA) is 66.5 Å². The van der Waals surface area contributed by atoms with E-state index in [0.717, 1.165) is 22.7 Å². The van der Waals surface area contributed by atoms with Gasteiger partial charge in [0.05, 0.1) is 10.6 Å². The molecule has 0 radical (unpaired) electrons. The van der Waals surface area contributed by atoms with Crippen molar-refractivity contribution in [2.24, 2.45) is 0 Å². The summed E-state index contributed by atoms with van der Waals surface area (Å²) in [7, 11) is -3.92. The van der Waals surface area contributed by atoms with E-state index in [-0.39, 0.29) is 23.4 Å². The van der Waals surface area contributed by atoms with E-state index >= 15 is 0 Å². The number of hydrogen-bond acceptors (Lipinski definition) is 3. The molecule has 1 N–H and O–H groups in total. The molecule has 2 rings (SSSR count). The number of benzene rings is 2. The number of anilines is 1. The largest absolute Gasteiger partial charge is 0.352 e. The van der Waals surface area contributed by atoms with E-state index in [4.69, 9.17) is 11.6 Å². The van der Waals surface area contributed by atoms with Crippen LogP contribution in [0.4, 0.5) is 5.69 Å². The Morgan fingerprint density at radius 1 is 1.19 bits per heavy atom. The lowest BCUT2D eigenvalue weighted by Crippen LogP contribution is -2.43. The molecule has 2 aromatic carbocycles. The van der Waals surface area contributed by atoms with Gasteiger partial charge in [-0.15, -0.1) is 0 Å². The molecule has 0 bridgehead atoms. The van der Waals surface area contributed by atoms with Crippen LogP contribution in [0.2, 0.25) is 5.02 Å². The lowest BCUT2D eigenvalue weighted by Gasteiger charge is -2.25. The van der Waals surface area contributed by atoms with E-state index in [1.807, 2.05) is 20.8 Å². The van der Waals surface area contributed by atoms with Gasteiger partial charge in [-0.2, -0.15) is 0 Å². The van der Waals surface area contributed by atoms with Gasteiger partial charge in [-0.1, -0.05) is 48.7 Å². The maximum absolute atomic E-state index is 13.2. The third-order valence-electron chi connectivity index (χ3n) is 4.12. The van der Waals surface area contributed by atoms with Gasteiger partial charge in [-0.25, -0.2) is 8.42 Å². The van der Waals surface area contributed by atoms with Crippen molar-refractivity contribution in [3.8, 4) is 0 Å². The number of nitrogens with one attached hydrogen (secondary N) is 1. The number of halogens is 1. The number of rotatable bonds is 8. The lowest BCUT2D eigenvalue weighted by atomic mass is 10.2. The van der Waals surface area contributed by atoms with Crippen LogP contribution < -0.4 is 9.62 Å². The van der Waals surface area contributed by atoms with Crippen molar-refractivity contribution in [2.75, 3.05) is 10.8 Å². The van der Waals surface area contributed by atoms with Gasteiger partial charge in [-0.05, 0) is 50.6 Å². The Bertz CT molecular complexity index is 882. The number of sulfonamides is 1. The number of amides is 1. The standard InChI is InChI=1S/C20H25ClN2O3S/c1-4-6-16(3)22-20(24)14-23(18-8-5-7-17(21)13-18)27(25,26)19-11-9-15(2)10-12-19/h5,7-13,16H,4,6,14H2,1-3H3,(H,22,24)/t16-/m1/s1. The normalized spacial score (nSPS) is 12.4. The number of nitrogens with zero attached hydrogens (tertiary/aromatic N) is 1. The first kappa shape index (κ1) is 21.3. The zero-order chi connectivity index (χ0) is 20.0. The monoisotopic (exact) mass is 408 g/mol. The van der Waals surface area contributed by atoms with Crippen LogP contribution in [0.3, 0.4) is 0 Å². The predicted molar refractivity (Wildman–Crippen MR) is 110 cm³/mol. The summed E-state index contributed by atoms with van der Waals surface area (Å²) in [4.78, 5) is 12.6. The molecule has 0 heterocycles. The number of carbonyl (C=O) groups is 1. The molecule has 0 fully saturated rings. The van der Waals surface area contributed by atoms with Gasteiger partial charge < -0.3 is 5.32 Å². The van der Waals surface area contributed by atoms with Gasteiger partial charge in [0.2, 0.25) is 5.91 Å². The Labute approximate surface area is 166 Å². The second-order valence-corrected chi connectivity index (χ2v) is 8.86. The summed E-state index contributed by atoms with van der Waals surface area (Å²) in [6.07, 6.45) is 1.76. The van der Waals surface area contributed by atoms with E-state index in [1.165, 1.54) is 6.07 Å². The zero-order valence-electron chi connectivity index (χ0n) is 15.8. The Morgan fingerprint density at radius 2 is 1.85 bits per heavy atom. The SMILES string of the molecule is CCC[C@@H](C)NC(=O)CN(c1cccc(Cl)c1)S(=O)(=O)c1ccc(C)cc1. The van der Waals surface area contributed by atoms with Crippen LogP contribution in [0.25, 0.3) is 0 Å². The highest BCUT2D eigenvalue weighted by Gasteiger charge is 2.27. The summed E-state index contributed by atoms with van der Waals surface area (Å²) >= 11 is 6.05. The maximum atomic E-state index is 13.2. The van der Waals surface area contributed by atoms with Crippen LogP contribution in [-0.2, 0) is 14.8 Å². The average molecular weight is 409 g/mol. The van der Waals surface area contributed by atoms with Crippen molar-refractivity contribution < 1.29 is 13.2 Å². The first-order valence-electron chi connectivity index (χ1n) is 8.88. The third kappa shape index (κ3) is 5.71. The van der Waals surface area contributed by atoms with Crippen molar-refractivity contribution >= 4 is 33.2 Å². The summed E-state index contributed by atoms with van der Waals surface area (Å²) < 4.78 is 27.5.